The number of hydrogen-bond acceptors (Lipinski definition) is 4. The second kappa shape index (κ2) is 9.97. The molecule has 2 heterocycles. The van der Waals surface area contributed by atoms with Gasteiger partial charge in [0, 0.05) is 31.0 Å². The molecule has 2 amide bonds. The second-order valence-corrected chi connectivity index (χ2v) is 11.1. The van der Waals surface area contributed by atoms with Crippen molar-refractivity contribution in [2.75, 3.05) is 26.2 Å². The topological polar surface area (TPSA) is 84.7 Å². The van der Waals surface area contributed by atoms with Crippen LogP contribution in [-0.2, 0) is 21.5 Å². The number of halogens is 1. The van der Waals surface area contributed by atoms with Gasteiger partial charge in [-0.3, -0.25) is 14.5 Å². The number of nitrogens with two attached hydrogens (primary N) is 1. The molecule has 2 aromatic rings. The summed E-state index contributed by atoms with van der Waals surface area (Å²) in [7, 11) is 0. The Morgan fingerprint density at radius 2 is 1.86 bits per heavy atom. The summed E-state index contributed by atoms with van der Waals surface area (Å²) in [6, 6.07) is 12.9. The predicted octanol–water partition coefficient (Wildman–Crippen LogP) is 3.87. The van der Waals surface area contributed by atoms with Crippen molar-refractivity contribution in [2.24, 2.45) is 11.1 Å². The first-order chi connectivity index (χ1) is 16.6. The number of ether oxygens (including phenoxy) is 1. The third-order valence-corrected chi connectivity index (χ3v) is 7.58. The van der Waals surface area contributed by atoms with Gasteiger partial charge in [0.25, 0.3) is 5.91 Å². The number of carbonyl (C=O) groups is 2. The van der Waals surface area contributed by atoms with E-state index < -0.39 is 5.91 Å². The van der Waals surface area contributed by atoms with E-state index in [0.29, 0.717) is 25.3 Å². The quantitative estimate of drug-likeness (QED) is 0.656. The van der Waals surface area contributed by atoms with E-state index in [0.717, 1.165) is 42.6 Å². The van der Waals surface area contributed by atoms with E-state index in [1.807, 2.05) is 18.2 Å². The molecule has 2 aliphatic rings. The Morgan fingerprint density at radius 1 is 1.17 bits per heavy atom. The predicted molar refractivity (Wildman–Crippen MR) is 134 cm³/mol. The van der Waals surface area contributed by atoms with Crippen LogP contribution in [0.2, 0.25) is 0 Å². The van der Waals surface area contributed by atoms with Crippen LogP contribution in [-0.4, -0.2) is 43.0 Å². The molecule has 0 aromatic heterocycles. The Balaban J connectivity index is 1.50. The lowest BCUT2D eigenvalue weighted by Crippen LogP contribution is -2.51. The molecule has 2 aromatic carbocycles. The van der Waals surface area contributed by atoms with Crippen molar-refractivity contribution < 1.29 is 18.7 Å². The maximum absolute atomic E-state index is 13.5. The molecule has 3 N–H and O–H groups in total. The molecule has 1 spiro atoms. The molecule has 2 saturated heterocycles. The van der Waals surface area contributed by atoms with Gasteiger partial charge in [-0.15, -0.1) is 0 Å². The highest BCUT2D eigenvalue weighted by molar-refractivity contribution is 5.78. The highest BCUT2D eigenvalue weighted by Gasteiger charge is 2.46. The monoisotopic (exact) mass is 481 g/mol. The number of hydrogen-bond donors (Lipinski definition) is 2. The standard InChI is InChI=1S/C28H36FN3O3/c1-27(2,3)21-7-4-20(24(14-21)35-18-25(30)33)17-32-12-10-28(11-13-32)15-26(34)31-16-23(28)19-5-8-22(29)9-6-19/h4-9,14,23H,10-13,15-18H2,1-3H3,(H2,30,33)(H,31,34)/t23-/m0/s1. The highest BCUT2D eigenvalue weighted by atomic mass is 19.1. The molecule has 0 bridgehead atoms. The number of primary amides is 1. The Hall–Kier alpha value is -2.93. The summed E-state index contributed by atoms with van der Waals surface area (Å²) in [5, 5.41) is 3.02. The zero-order valence-corrected chi connectivity index (χ0v) is 20.9. The fourth-order valence-electron chi connectivity index (χ4n) is 5.46. The van der Waals surface area contributed by atoms with Crippen molar-refractivity contribution >= 4 is 11.8 Å². The molecular weight excluding hydrogens is 445 g/mol. The summed E-state index contributed by atoms with van der Waals surface area (Å²) < 4.78 is 19.3. The van der Waals surface area contributed by atoms with E-state index in [4.69, 9.17) is 10.5 Å². The average molecular weight is 482 g/mol. The SMILES string of the molecule is CC(C)(C)c1ccc(CN2CCC3(CC2)CC(=O)NC[C@H]3c2ccc(F)cc2)c(OCC(N)=O)c1. The maximum Gasteiger partial charge on any atom is 0.255 e. The van der Waals surface area contributed by atoms with Crippen molar-refractivity contribution in [1.82, 2.24) is 10.2 Å². The van der Waals surface area contributed by atoms with Crippen LogP contribution in [0.3, 0.4) is 0 Å². The van der Waals surface area contributed by atoms with Gasteiger partial charge < -0.3 is 15.8 Å². The molecule has 2 aliphatic heterocycles. The number of likely N-dealkylation sites (tertiary alicyclic amines) is 1. The number of rotatable bonds is 6. The van der Waals surface area contributed by atoms with E-state index in [1.165, 1.54) is 12.1 Å². The zero-order valence-electron chi connectivity index (χ0n) is 20.9. The molecule has 6 nitrogen and oxygen atoms in total. The Bertz CT molecular complexity index is 1070. The number of benzene rings is 2. The average Bonchev–Trinajstić information content (AvgIpc) is 2.80. The first-order valence-electron chi connectivity index (χ1n) is 12.3. The molecule has 2 fully saturated rings. The normalized spacial score (nSPS) is 20.5. The summed E-state index contributed by atoms with van der Waals surface area (Å²) >= 11 is 0. The van der Waals surface area contributed by atoms with Crippen molar-refractivity contribution in [1.29, 1.82) is 0 Å². The minimum absolute atomic E-state index is 0.0439. The van der Waals surface area contributed by atoms with E-state index in [2.05, 4.69) is 43.1 Å². The molecule has 0 unspecified atom stereocenters. The van der Waals surface area contributed by atoms with Crippen LogP contribution in [0.5, 0.6) is 5.75 Å². The van der Waals surface area contributed by atoms with Crippen LogP contribution in [0.15, 0.2) is 42.5 Å². The summed E-state index contributed by atoms with van der Waals surface area (Å²) in [5.41, 5.74) is 8.40. The van der Waals surface area contributed by atoms with Crippen LogP contribution in [0, 0.1) is 11.2 Å². The molecule has 0 saturated carbocycles. The number of carbonyl (C=O) groups excluding carboxylic acids is 2. The lowest BCUT2D eigenvalue weighted by Gasteiger charge is -2.49. The first-order valence-corrected chi connectivity index (χ1v) is 12.3. The van der Waals surface area contributed by atoms with E-state index >= 15 is 0 Å². The van der Waals surface area contributed by atoms with Crippen LogP contribution in [0.1, 0.15) is 62.6 Å². The van der Waals surface area contributed by atoms with Crippen molar-refractivity contribution in [3.05, 3.63) is 65.0 Å². The highest BCUT2D eigenvalue weighted by Crippen LogP contribution is 2.49. The van der Waals surface area contributed by atoms with Crippen LogP contribution in [0.25, 0.3) is 0 Å². The fourth-order valence-corrected chi connectivity index (χ4v) is 5.46. The fraction of sp³-hybridized carbons (Fsp3) is 0.500. The van der Waals surface area contributed by atoms with Gasteiger partial charge in [0.05, 0.1) is 0 Å². The van der Waals surface area contributed by atoms with Gasteiger partial charge in [-0.2, -0.15) is 0 Å². The minimum atomic E-state index is -0.501. The molecule has 188 valence electrons. The number of piperidine rings is 2. The zero-order chi connectivity index (χ0) is 25.2. The molecular formula is C28H36FN3O3. The van der Waals surface area contributed by atoms with Gasteiger partial charge >= 0.3 is 0 Å². The van der Waals surface area contributed by atoms with Crippen LogP contribution in [0.4, 0.5) is 4.39 Å². The number of nitrogens with zero attached hydrogens (tertiary/aromatic N) is 1. The van der Waals surface area contributed by atoms with Crippen molar-refractivity contribution in [3.63, 3.8) is 0 Å². The van der Waals surface area contributed by atoms with E-state index in [9.17, 15) is 14.0 Å². The van der Waals surface area contributed by atoms with Gasteiger partial charge in [0.15, 0.2) is 6.61 Å². The van der Waals surface area contributed by atoms with E-state index in [1.54, 1.807) is 0 Å². The smallest absolute Gasteiger partial charge is 0.255 e. The largest absolute Gasteiger partial charge is 0.483 e. The Kier molecular flexibility index (Phi) is 7.17. The van der Waals surface area contributed by atoms with Crippen molar-refractivity contribution in [2.45, 2.75) is 57.9 Å². The van der Waals surface area contributed by atoms with Gasteiger partial charge in [0.1, 0.15) is 11.6 Å². The third kappa shape index (κ3) is 5.84. The molecule has 7 heteroatoms. The number of amides is 2. The Labute approximate surface area is 207 Å². The van der Waals surface area contributed by atoms with Gasteiger partial charge in [-0.05, 0) is 66.1 Å². The van der Waals surface area contributed by atoms with Crippen molar-refractivity contribution in [3.8, 4) is 5.75 Å². The molecule has 0 aliphatic carbocycles. The maximum atomic E-state index is 13.5. The molecule has 1 atom stereocenters. The molecule has 35 heavy (non-hydrogen) atoms. The lowest BCUT2D eigenvalue weighted by atomic mass is 9.62. The minimum Gasteiger partial charge on any atom is -0.483 e. The van der Waals surface area contributed by atoms with Gasteiger partial charge in [0.2, 0.25) is 5.91 Å². The Morgan fingerprint density at radius 3 is 2.49 bits per heavy atom. The first kappa shape index (κ1) is 25.2. The van der Waals surface area contributed by atoms with E-state index in [-0.39, 0.29) is 35.1 Å². The van der Waals surface area contributed by atoms with Gasteiger partial charge in [-0.25, -0.2) is 4.39 Å². The van der Waals surface area contributed by atoms with Gasteiger partial charge in [-0.1, -0.05) is 45.0 Å². The summed E-state index contributed by atoms with van der Waals surface area (Å²) in [4.78, 5) is 26.1. The molecule has 4 rings (SSSR count). The molecule has 0 radical (unpaired) electrons. The second-order valence-electron chi connectivity index (χ2n) is 11.1. The summed E-state index contributed by atoms with van der Waals surface area (Å²) in [6.45, 7) is 9.25. The summed E-state index contributed by atoms with van der Waals surface area (Å²) in [6.07, 6.45) is 2.27. The van der Waals surface area contributed by atoms with Crippen LogP contribution >= 0.6 is 0 Å². The summed E-state index contributed by atoms with van der Waals surface area (Å²) in [5.74, 6) is 0.210. The van der Waals surface area contributed by atoms with Crippen LogP contribution < -0.4 is 15.8 Å². The third-order valence-electron chi connectivity index (χ3n) is 7.58. The lowest BCUT2D eigenvalue weighted by molar-refractivity contribution is -0.128. The number of nitrogens with one attached hydrogen (secondary N) is 1.